The van der Waals surface area contributed by atoms with E-state index >= 15 is 0 Å². The number of benzene rings is 1. The average molecular weight is 409 g/mol. The number of rotatable bonds is 5. The summed E-state index contributed by atoms with van der Waals surface area (Å²) >= 11 is 3.34. The molecule has 0 aromatic heterocycles. The predicted octanol–water partition coefficient (Wildman–Crippen LogP) is 3.16. The van der Waals surface area contributed by atoms with E-state index in [1.54, 1.807) is 6.08 Å². The van der Waals surface area contributed by atoms with Gasteiger partial charge in [0.05, 0.1) is 0 Å². The zero-order valence-corrected chi connectivity index (χ0v) is 15.5. The molecule has 0 bridgehead atoms. The summed E-state index contributed by atoms with van der Waals surface area (Å²) in [4.78, 5) is 35.4. The molecule has 134 valence electrons. The molecule has 7 heteroatoms. The van der Waals surface area contributed by atoms with Gasteiger partial charge >= 0.3 is 12.0 Å². The number of amides is 3. The molecule has 1 aliphatic rings. The van der Waals surface area contributed by atoms with Crippen molar-refractivity contribution in [1.82, 2.24) is 10.6 Å². The van der Waals surface area contributed by atoms with Gasteiger partial charge in [0.1, 0.15) is 0 Å². The van der Waals surface area contributed by atoms with Crippen LogP contribution < -0.4 is 10.6 Å². The number of hydrogen-bond acceptors (Lipinski definition) is 4. The fourth-order valence-corrected chi connectivity index (χ4v) is 2.96. The third-order valence-corrected chi connectivity index (χ3v) is 4.34. The summed E-state index contributed by atoms with van der Waals surface area (Å²) in [6.07, 6.45) is 5.77. The number of carbonyl (C=O) groups is 3. The molecule has 1 saturated carbocycles. The van der Waals surface area contributed by atoms with Crippen molar-refractivity contribution in [1.29, 1.82) is 0 Å². The molecule has 25 heavy (non-hydrogen) atoms. The Hall–Kier alpha value is -2.15. The molecule has 0 radical (unpaired) electrons. The fourth-order valence-electron chi connectivity index (χ4n) is 2.55. The second-order valence-corrected chi connectivity index (χ2v) is 6.83. The molecule has 0 heterocycles. The van der Waals surface area contributed by atoms with Gasteiger partial charge < -0.3 is 10.1 Å². The average Bonchev–Trinajstić information content (AvgIpc) is 3.05. The molecular weight excluding hydrogens is 388 g/mol. The Balaban J connectivity index is 1.77. The number of ether oxygens (including phenoxy) is 1. The van der Waals surface area contributed by atoms with Crippen LogP contribution in [0.4, 0.5) is 4.79 Å². The Labute approximate surface area is 155 Å². The van der Waals surface area contributed by atoms with Gasteiger partial charge in [0.2, 0.25) is 0 Å². The van der Waals surface area contributed by atoms with Crippen molar-refractivity contribution < 1.29 is 19.1 Å². The van der Waals surface area contributed by atoms with Gasteiger partial charge in [-0.3, -0.25) is 10.1 Å². The fraction of sp³-hybridized carbons (Fsp3) is 0.389. The van der Waals surface area contributed by atoms with Crippen molar-refractivity contribution in [2.75, 3.05) is 0 Å². The van der Waals surface area contributed by atoms with Crippen LogP contribution in [0.3, 0.4) is 0 Å². The van der Waals surface area contributed by atoms with Crippen LogP contribution in [0.15, 0.2) is 34.8 Å². The molecule has 2 N–H and O–H groups in total. The molecule has 0 aliphatic heterocycles. The van der Waals surface area contributed by atoms with Gasteiger partial charge in [0.25, 0.3) is 5.91 Å². The van der Waals surface area contributed by atoms with Gasteiger partial charge in [-0.15, -0.1) is 0 Å². The lowest BCUT2D eigenvalue weighted by molar-refractivity contribution is -0.149. The number of carbonyl (C=O) groups excluding carboxylic acids is 3. The topological polar surface area (TPSA) is 84.5 Å². The Bertz CT molecular complexity index is 669. The lowest BCUT2D eigenvalue weighted by Gasteiger charge is -2.15. The van der Waals surface area contributed by atoms with Crippen LogP contribution in [0.1, 0.15) is 38.2 Å². The Morgan fingerprint density at radius 2 is 2.00 bits per heavy atom. The van der Waals surface area contributed by atoms with E-state index in [9.17, 15) is 14.4 Å². The largest absolute Gasteiger partial charge is 0.449 e. The highest BCUT2D eigenvalue weighted by atomic mass is 79.9. The summed E-state index contributed by atoms with van der Waals surface area (Å²) in [6.45, 7) is 1.42. The first kappa shape index (κ1) is 19.2. The Morgan fingerprint density at radius 1 is 1.28 bits per heavy atom. The van der Waals surface area contributed by atoms with E-state index in [4.69, 9.17) is 4.74 Å². The van der Waals surface area contributed by atoms with Crippen LogP contribution >= 0.6 is 15.9 Å². The minimum Gasteiger partial charge on any atom is -0.449 e. The predicted molar refractivity (Wildman–Crippen MR) is 97.7 cm³/mol. The van der Waals surface area contributed by atoms with Crippen molar-refractivity contribution in [2.24, 2.45) is 0 Å². The van der Waals surface area contributed by atoms with E-state index in [2.05, 4.69) is 26.6 Å². The maximum absolute atomic E-state index is 11.9. The lowest BCUT2D eigenvalue weighted by atomic mass is 10.2. The highest BCUT2D eigenvalue weighted by Gasteiger charge is 2.22. The van der Waals surface area contributed by atoms with E-state index in [0.717, 1.165) is 35.7 Å². The van der Waals surface area contributed by atoms with Crippen LogP contribution in [0, 0.1) is 0 Å². The first-order chi connectivity index (χ1) is 11.9. The highest BCUT2D eigenvalue weighted by molar-refractivity contribution is 9.10. The molecule has 2 rings (SSSR count). The van der Waals surface area contributed by atoms with Crippen LogP contribution in [0.25, 0.3) is 6.08 Å². The molecule has 1 aliphatic carbocycles. The number of urea groups is 1. The number of hydrogen-bond donors (Lipinski definition) is 2. The third-order valence-electron chi connectivity index (χ3n) is 3.85. The van der Waals surface area contributed by atoms with Crippen molar-refractivity contribution >= 4 is 39.9 Å². The summed E-state index contributed by atoms with van der Waals surface area (Å²) in [5.74, 6) is -1.31. The minimum atomic E-state index is -1.06. The molecular formula is C18H21BrN2O4. The molecule has 1 aromatic carbocycles. The summed E-state index contributed by atoms with van der Waals surface area (Å²) in [6, 6.07) is 6.95. The van der Waals surface area contributed by atoms with Crippen LogP contribution in [0.5, 0.6) is 0 Å². The zero-order chi connectivity index (χ0) is 18.2. The van der Waals surface area contributed by atoms with E-state index < -0.39 is 24.0 Å². The van der Waals surface area contributed by atoms with Gasteiger partial charge in [-0.1, -0.05) is 40.9 Å². The molecule has 6 nitrogen and oxygen atoms in total. The van der Waals surface area contributed by atoms with Gasteiger partial charge in [0.15, 0.2) is 6.10 Å². The first-order valence-corrected chi connectivity index (χ1v) is 8.99. The van der Waals surface area contributed by atoms with Crippen molar-refractivity contribution in [3.05, 3.63) is 40.4 Å². The molecule has 3 amide bonds. The molecule has 1 aromatic rings. The Morgan fingerprint density at radius 3 is 2.68 bits per heavy atom. The second kappa shape index (κ2) is 9.36. The number of imide groups is 1. The monoisotopic (exact) mass is 408 g/mol. The summed E-state index contributed by atoms with van der Waals surface area (Å²) < 4.78 is 5.90. The van der Waals surface area contributed by atoms with Crippen molar-refractivity contribution in [3.63, 3.8) is 0 Å². The second-order valence-electron chi connectivity index (χ2n) is 5.91. The molecule has 0 saturated heterocycles. The smallest absolute Gasteiger partial charge is 0.331 e. The zero-order valence-electron chi connectivity index (χ0n) is 14.0. The van der Waals surface area contributed by atoms with Gasteiger partial charge in [0, 0.05) is 16.6 Å². The quantitative estimate of drug-likeness (QED) is 0.578. The van der Waals surface area contributed by atoms with Crippen LogP contribution in [0.2, 0.25) is 0 Å². The highest BCUT2D eigenvalue weighted by Crippen LogP contribution is 2.17. The van der Waals surface area contributed by atoms with Crippen LogP contribution in [-0.4, -0.2) is 30.1 Å². The maximum Gasteiger partial charge on any atom is 0.331 e. The summed E-state index contributed by atoms with van der Waals surface area (Å²) in [7, 11) is 0. The van der Waals surface area contributed by atoms with Crippen molar-refractivity contribution in [3.8, 4) is 0 Å². The molecule has 0 spiro atoms. The molecule has 1 atom stereocenters. The van der Waals surface area contributed by atoms with Gasteiger partial charge in [-0.25, -0.2) is 9.59 Å². The summed E-state index contributed by atoms with van der Waals surface area (Å²) in [5.41, 5.74) is 0.819. The third kappa shape index (κ3) is 6.70. The number of esters is 1. The van der Waals surface area contributed by atoms with E-state index in [-0.39, 0.29) is 6.04 Å². The first-order valence-electron chi connectivity index (χ1n) is 8.19. The number of halogens is 1. The van der Waals surface area contributed by atoms with Gasteiger partial charge in [-0.05, 0) is 43.5 Å². The minimum absolute atomic E-state index is 0.110. The van der Waals surface area contributed by atoms with Gasteiger partial charge in [-0.2, -0.15) is 0 Å². The SMILES string of the molecule is C[C@H](OC(=O)/C=C/c1cccc(Br)c1)C(=O)NC(=O)NC1CCCC1. The molecule has 0 unspecified atom stereocenters. The van der Waals surface area contributed by atoms with E-state index in [1.807, 2.05) is 24.3 Å². The number of nitrogens with one attached hydrogen (secondary N) is 2. The lowest BCUT2D eigenvalue weighted by Crippen LogP contribution is -2.47. The van der Waals surface area contributed by atoms with E-state index in [0.29, 0.717) is 0 Å². The standard InChI is InChI=1S/C18H21BrN2O4/c1-12(17(23)21-18(24)20-15-7-2-3-8-15)25-16(22)10-9-13-5-4-6-14(19)11-13/h4-6,9-12,15H,2-3,7-8H2,1H3,(H2,20,21,23,24)/b10-9+/t12-/m0/s1. The molecule has 1 fully saturated rings. The van der Waals surface area contributed by atoms with Crippen LogP contribution in [-0.2, 0) is 14.3 Å². The van der Waals surface area contributed by atoms with E-state index in [1.165, 1.54) is 13.0 Å². The van der Waals surface area contributed by atoms with Crippen molar-refractivity contribution in [2.45, 2.75) is 44.8 Å². The Kier molecular flexibility index (Phi) is 7.18. The maximum atomic E-state index is 11.9. The summed E-state index contributed by atoms with van der Waals surface area (Å²) in [5, 5.41) is 4.94. The normalized spacial score (nSPS) is 15.8.